The van der Waals surface area contributed by atoms with E-state index in [-0.39, 0.29) is 19.5 Å². The van der Waals surface area contributed by atoms with Crippen molar-refractivity contribution >= 4 is 11.9 Å². The fraction of sp³-hybridized carbons (Fsp3) is 0.385. The highest BCUT2D eigenvalue weighted by Gasteiger charge is 2.23. The van der Waals surface area contributed by atoms with E-state index in [1.165, 1.54) is 0 Å². The Bertz CT molecular complexity index is 536. The normalized spacial score (nSPS) is 10.3. The number of ether oxygens (including phenoxy) is 1. The number of halogens is 3. The minimum Gasteiger partial charge on any atom is -0.469 e. The minimum atomic E-state index is -1.75. The second-order valence-corrected chi connectivity index (χ2v) is 4.06. The lowest BCUT2D eigenvalue weighted by atomic mass is 10.1. The van der Waals surface area contributed by atoms with Gasteiger partial charge in [0, 0.05) is 13.1 Å². The highest BCUT2D eigenvalue weighted by molar-refractivity contribution is 5.94. The third kappa shape index (κ3) is 4.19. The Labute approximate surface area is 118 Å². The molecule has 0 saturated heterocycles. The number of methoxy groups -OCH3 is 1. The van der Waals surface area contributed by atoms with E-state index in [9.17, 15) is 22.8 Å². The van der Waals surface area contributed by atoms with Crippen molar-refractivity contribution in [3.8, 4) is 0 Å². The van der Waals surface area contributed by atoms with Crippen molar-refractivity contribution < 1.29 is 32.6 Å². The average Bonchev–Trinajstić information content (AvgIpc) is 2.48. The summed E-state index contributed by atoms with van der Waals surface area (Å²) in [6, 6.07) is 1.43. The minimum absolute atomic E-state index is 0.148. The van der Waals surface area contributed by atoms with Crippen LogP contribution in [0.3, 0.4) is 0 Å². The highest BCUT2D eigenvalue weighted by atomic mass is 19.2. The second-order valence-electron chi connectivity index (χ2n) is 4.06. The maximum atomic E-state index is 13.6. The molecule has 8 heteroatoms. The molecule has 0 unspecified atom stereocenters. The van der Waals surface area contributed by atoms with E-state index in [1.807, 2.05) is 0 Å². The van der Waals surface area contributed by atoms with Crippen LogP contribution in [-0.4, -0.2) is 48.7 Å². The van der Waals surface area contributed by atoms with Crippen molar-refractivity contribution in [2.45, 2.75) is 6.42 Å². The van der Waals surface area contributed by atoms with Gasteiger partial charge in [0.05, 0.1) is 25.7 Å². The molecular formula is C13H14F3NO4. The van der Waals surface area contributed by atoms with Gasteiger partial charge in [-0.3, -0.25) is 9.59 Å². The predicted octanol–water partition coefficient (Wildman–Crippen LogP) is 1.10. The molecule has 21 heavy (non-hydrogen) atoms. The summed E-state index contributed by atoms with van der Waals surface area (Å²) < 4.78 is 43.9. The zero-order valence-corrected chi connectivity index (χ0v) is 11.2. The van der Waals surface area contributed by atoms with Crippen molar-refractivity contribution in [2.75, 3.05) is 26.8 Å². The first-order valence-corrected chi connectivity index (χ1v) is 6.02. The van der Waals surface area contributed by atoms with Crippen molar-refractivity contribution in [1.82, 2.24) is 4.90 Å². The number of hydrogen-bond donors (Lipinski definition) is 1. The summed E-state index contributed by atoms with van der Waals surface area (Å²) in [5.74, 6) is -6.33. The molecule has 1 aromatic rings. The Hall–Kier alpha value is -2.09. The van der Waals surface area contributed by atoms with Gasteiger partial charge in [-0.1, -0.05) is 0 Å². The van der Waals surface area contributed by atoms with Gasteiger partial charge in [0.2, 0.25) is 0 Å². The Morgan fingerprint density at radius 1 is 1.19 bits per heavy atom. The van der Waals surface area contributed by atoms with E-state index in [0.29, 0.717) is 6.07 Å². The van der Waals surface area contributed by atoms with E-state index in [4.69, 9.17) is 5.11 Å². The third-order valence-electron chi connectivity index (χ3n) is 2.74. The summed E-state index contributed by atoms with van der Waals surface area (Å²) in [5.41, 5.74) is -0.674. The number of hydrogen-bond acceptors (Lipinski definition) is 4. The monoisotopic (exact) mass is 305 g/mol. The summed E-state index contributed by atoms with van der Waals surface area (Å²) in [4.78, 5) is 24.0. The average molecular weight is 305 g/mol. The lowest BCUT2D eigenvalue weighted by Crippen LogP contribution is -2.36. The molecule has 0 saturated carbocycles. The Balaban J connectivity index is 2.95. The van der Waals surface area contributed by atoms with Gasteiger partial charge >= 0.3 is 5.97 Å². The van der Waals surface area contributed by atoms with E-state index < -0.39 is 41.5 Å². The fourth-order valence-electron chi connectivity index (χ4n) is 1.63. The Morgan fingerprint density at radius 3 is 2.43 bits per heavy atom. The number of esters is 1. The summed E-state index contributed by atoms with van der Waals surface area (Å²) >= 11 is 0. The highest BCUT2D eigenvalue weighted by Crippen LogP contribution is 2.17. The number of aliphatic hydroxyl groups excluding tert-OH is 1. The van der Waals surface area contributed by atoms with Crippen LogP contribution >= 0.6 is 0 Å². The molecule has 1 rings (SSSR count). The molecule has 0 aliphatic rings. The smallest absolute Gasteiger partial charge is 0.307 e. The topological polar surface area (TPSA) is 66.8 Å². The Morgan fingerprint density at radius 2 is 1.86 bits per heavy atom. The molecule has 116 valence electrons. The summed E-state index contributed by atoms with van der Waals surface area (Å²) in [5, 5.41) is 8.89. The van der Waals surface area contributed by atoms with Gasteiger partial charge in [-0.2, -0.15) is 0 Å². The molecule has 5 nitrogen and oxygen atoms in total. The van der Waals surface area contributed by atoms with Crippen LogP contribution < -0.4 is 0 Å². The van der Waals surface area contributed by atoms with E-state index in [0.717, 1.165) is 18.1 Å². The molecule has 1 aromatic carbocycles. The van der Waals surface area contributed by atoms with Crippen molar-refractivity contribution in [1.29, 1.82) is 0 Å². The number of nitrogens with zero attached hydrogens (tertiary/aromatic N) is 1. The number of carbonyl (C=O) groups is 2. The van der Waals surface area contributed by atoms with Crippen molar-refractivity contribution in [2.24, 2.45) is 0 Å². The summed E-state index contributed by atoms with van der Waals surface area (Å²) in [7, 11) is 1.16. The van der Waals surface area contributed by atoms with E-state index in [2.05, 4.69) is 4.74 Å². The molecule has 1 N–H and O–H groups in total. The molecule has 1 amide bonds. The molecule has 0 radical (unpaired) electrons. The van der Waals surface area contributed by atoms with Crippen LogP contribution in [0.1, 0.15) is 16.8 Å². The molecule has 0 atom stereocenters. The summed E-state index contributed by atoms with van der Waals surface area (Å²) in [6.45, 7) is -0.767. The molecule has 0 aromatic heterocycles. The SMILES string of the molecule is COC(=O)CCN(CCO)C(=O)c1ccc(F)c(F)c1F. The standard InChI is InChI=1S/C13H14F3NO4/c1-21-10(19)4-5-17(6-7-18)13(20)8-2-3-9(14)12(16)11(8)15/h2-3,18H,4-7H2,1H3. The van der Waals surface area contributed by atoms with Gasteiger partial charge in [-0.25, -0.2) is 13.2 Å². The molecule has 0 bridgehead atoms. The van der Waals surface area contributed by atoms with Crippen LogP contribution in [0, 0.1) is 17.5 Å². The second kappa shape index (κ2) is 7.63. The molecule has 0 fully saturated rings. The van der Waals surface area contributed by atoms with Crippen LogP contribution in [-0.2, 0) is 9.53 Å². The zero-order valence-electron chi connectivity index (χ0n) is 11.2. The largest absolute Gasteiger partial charge is 0.469 e. The number of rotatable bonds is 6. The number of carbonyl (C=O) groups excluding carboxylic acids is 2. The van der Waals surface area contributed by atoms with Gasteiger partial charge in [-0.05, 0) is 12.1 Å². The maximum absolute atomic E-state index is 13.6. The van der Waals surface area contributed by atoms with Gasteiger partial charge in [0.15, 0.2) is 17.5 Å². The molecule has 0 aliphatic carbocycles. The third-order valence-corrected chi connectivity index (χ3v) is 2.74. The van der Waals surface area contributed by atoms with Gasteiger partial charge < -0.3 is 14.7 Å². The van der Waals surface area contributed by atoms with Gasteiger partial charge in [-0.15, -0.1) is 0 Å². The molecule has 0 heterocycles. The fourth-order valence-corrected chi connectivity index (χ4v) is 1.63. The molecule has 0 aliphatic heterocycles. The van der Waals surface area contributed by atoms with Crippen LogP contribution in [0.15, 0.2) is 12.1 Å². The first-order chi connectivity index (χ1) is 9.92. The van der Waals surface area contributed by atoms with Crippen LogP contribution in [0.2, 0.25) is 0 Å². The van der Waals surface area contributed by atoms with Crippen LogP contribution in [0.5, 0.6) is 0 Å². The lowest BCUT2D eigenvalue weighted by Gasteiger charge is -2.21. The predicted molar refractivity (Wildman–Crippen MR) is 65.9 cm³/mol. The van der Waals surface area contributed by atoms with Gasteiger partial charge in [0.1, 0.15) is 0 Å². The van der Waals surface area contributed by atoms with Crippen molar-refractivity contribution in [3.05, 3.63) is 35.1 Å². The number of aliphatic hydroxyl groups is 1. The molecular weight excluding hydrogens is 291 g/mol. The van der Waals surface area contributed by atoms with E-state index >= 15 is 0 Å². The maximum Gasteiger partial charge on any atom is 0.307 e. The number of amides is 1. The van der Waals surface area contributed by atoms with Crippen LogP contribution in [0.25, 0.3) is 0 Å². The van der Waals surface area contributed by atoms with Crippen molar-refractivity contribution in [3.63, 3.8) is 0 Å². The first-order valence-electron chi connectivity index (χ1n) is 6.02. The summed E-state index contributed by atoms with van der Waals surface area (Å²) in [6.07, 6.45) is -0.173. The van der Waals surface area contributed by atoms with Crippen LogP contribution in [0.4, 0.5) is 13.2 Å². The number of benzene rings is 1. The Kier molecular flexibility index (Phi) is 6.16. The lowest BCUT2D eigenvalue weighted by molar-refractivity contribution is -0.140. The van der Waals surface area contributed by atoms with E-state index in [1.54, 1.807) is 0 Å². The zero-order chi connectivity index (χ0) is 16.0. The van der Waals surface area contributed by atoms with Gasteiger partial charge in [0.25, 0.3) is 5.91 Å². The first kappa shape index (κ1) is 17.0. The molecule has 0 spiro atoms. The quantitative estimate of drug-likeness (QED) is 0.631.